The molecule has 0 spiro atoms. The van der Waals surface area contributed by atoms with Crippen molar-refractivity contribution in [2.75, 3.05) is 0 Å². The van der Waals surface area contributed by atoms with Crippen LogP contribution in [-0.2, 0) is 6.18 Å². The third kappa shape index (κ3) is 2.93. The fourth-order valence-corrected chi connectivity index (χ4v) is 1.59. The van der Waals surface area contributed by atoms with E-state index < -0.39 is 23.4 Å². The van der Waals surface area contributed by atoms with Gasteiger partial charge in [0.2, 0.25) is 0 Å². The Morgan fingerprint density at radius 2 is 1.89 bits per heavy atom. The lowest BCUT2D eigenvalue weighted by molar-refractivity contribution is -0.141. The Hall–Kier alpha value is -1.89. The molecule has 1 aromatic heterocycles. The van der Waals surface area contributed by atoms with Crippen molar-refractivity contribution in [2.24, 2.45) is 0 Å². The summed E-state index contributed by atoms with van der Waals surface area (Å²) in [5.41, 5.74) is -2.51. The monoisotopic (exact) mass is 292 g/mol. The van der Waals surface area contributed by atoms with Gasteiger partial charge in [0.15, 0.2) is 0 Å². The van der Waals surface area contributed by atoms with Crippen LogP contribution in [0.4, 0.5) is 17.6 Å². The predicted molar refractivity (Wildman–Crippen MR) is 60.3 cm³/mol. The first-order valence-corrected chi connectivity index (χ1v) is 5.29. The number of halogens is 5. The Morgan fingerprint density at radius 3 is 2.47 bits per heavy atom. The van der Waals surface area contributed by atoms with Gasteiger partial charge in [-0.05, 0) is 24.3 Å². The van der Waals surface area contributed by atoms with Crippen molar-refractivity contribution in [3.8, 4) is 11.3 Å². The first kappa shape index (κ1) is 13.5. The first-order valence-electron chi connectivity index (χ1n) is 4.91. The van der Waals surface area contributed by atoms with Crippen LogP contribution < -0.4 is 5.69 Å². The largest absolute Gasteiger partial charge is 0.431 e. The molecule has 0 saturated carbocycles. The van der Waals surface area contributed by atoms with Gasteiger partial charge in [0.1, 0.15) is 11.5 Å². The van der Waals surface area contributed by atoms with E-state index in [2.05, 4.69) is 4.98 Å². The number of rotatable bonds is 1. The molecule has 2 rings (SSSR count). The molecular formula is C11H5ClF4N2O. The molecule has 2 aromatic rings. The molecule has 0 unspecified atom stereocenters. The van der Waals surface area contributed by atoms with Gasteiger partial charge < -0.3 is 4.98 Å². The molecule has 19 heavy (non-hydrogen) atoms. The number of benzene rings is 1. The average molecular weight is 293 g/mol. The van der Waals surface area contributed by atoms with E-state index in [1.165, 1.54) is 6.07 Å². The summed E-state index contributed by atoms with van der Waals surface area (Å²) in [4.78, 5) is 16.1. The van der Waals surface area contributed by atoms with Crippen molar-refractivity contribution < 1.29 is 17.6 Å². The van der Waals surface area contributed by atoms with Gasteiger partial charge in [-0.2, -0.15) is 18.2 Å². The van der Waals surface area contributed by atoms with Crippen molar-refractivity contribution in [2.45, 2.75) is 6.18 Å². The molecular weight excluding hydrogens is 288 g/mol. The first-order chi connectivity index (χ1) is 8.77. The van der Waals surface area contributed by atoms with Crippen LogP contribution in [0.3, 0.4) is 0 Å². The lowest BCUT2D eigenvalue weighted by Gasteiger charge is -2.08. The van der Waals surface area contributed by atoms with Crippen LogP contribution in [0.15, 0.2) is 29.1 Å². The highest BCUT2D eigenvalue weighted by Gasteiger charge is 2.32. The number of H-pyrrole nitrogens is 1. The number of nitrogens with one attached hydrogen (secondary N) is 1. The second-order valence-electron chi connectivity index (χ2n) is 3.61. The number of nitrogens with zero attached hydrogens (tertiary/aromatic N) is 1. The fourth-order valence-electron chi connectivity index (χ4n) is 1.41. The van der Waals surface area contributed by atoms with E-state index >= 15 is 0 Å². The van der Waals surface area contributed by atoms with Crippen molar-refractivity contribution in [1.29, 1.82) is 0 Å². The van der Waals surface area contributed by atoms with Crippen LogP contribution in [0.2, 0.25) is 5.02 Å². The molecule has 0 atom stereocenters. The zero-order valence-corrected chi connectivity index (χ0v) is 9.81. The average Bonchev–Trinajstić information content (AvgIpc) is 2.31. The quantitative estimate of drug-likeness (QED) is 0.820. The summed E-state index contributed by atoms with van der Waals surface area (Å²) in [5.74, 6) is -0.716. The number of aromatic nitrogens is 2. The van der Waals surface area contributed by atoms with Crippen LogP contribution in [0, 0.1) is 5.82 Å². The van der Waals surface area contributed by atoms with Crippen LogP contribution >= 0.6 is 11.6 Å². The van der Waals surface area contributed by atoms with Crippen molar-refractivity contribution in [3.05, 3.63) is 51.3 Å². The Bertz CT molecular complexity index is 681. The molecule has 0 aliphatic heterocycles. The van der Waals surface area contributed by atoms with Gasteiger partial charge in [-0.3, -0.25) is 0 Å². The standard InChI is InChI=1S/C11H5ClF4N2O/c12-6-3-5(1-2-7(6)13)8-4-9(11(14,15)16)18-10(19)17-8/h1-4H,(H,17,18,19). The van der Waals surface area contributed by atoms with Crippen LogP contribution in [0.25, 0.3) is 11.3 Å². The summed E-state index contributed by atoms with van der Waals surface area (Å²) >= 11 is 5.52. The summed E-state index contributed by atoms with van der Waals surface area (Å²) < 4.78 is 50.5. The maximum absolute atomic E-state index is 13.0. The molecule has 0 aliphatic carbocycles. The van der Waals surface area contributed by atoms with E-state index in [0.29, 0.717) is 6.07 Å². The molecule has 0 bridgehead atoms. The molecule has 0 fully saturated rings. The third-order valence-corrected chi connectivity index (χ3v) is 2.56. The van der Waals surface area contributed by atoms with Gasteiger partial charge >= 0.3 is 11.9 Å². The van der Waals surface area contributed by atoms with Gasteiger partial charge in [0, 0.05) is 5.56 Å². The molecule has 0 aliphatic rings. The van der Waals surface area contributed by atoms with Crippen LogP contribution in [0.5, 0.6) is 0 Å². The molecule has 8 heteroatoms. The number of hydrogen-bond donors (Lipinski definition) is 1. The Kier molecular flexibility index (Phi) is 3.32. The lowest BCUT2D eigenvalue weighted by Crippen LogP contribution is -2.19. The smallest absolute Gasteiger partial charge is 0.302 e. The lowest BCUT2D eigenvalue weighted by atomic mass is 10.1. The van der Waals surface area contributed by atoms with E-state index in [9.17, 15) is 22.4 Å². The summed E-state index contributed by atoms with van der Waals surface area (Å²) in [7, 11) is 0. The van der Waals surface area contributed by atoms with Crippen LogP contribution in [0.1, 0.15) is 5.69 Å². The normalized spacial score (nSPS) is 11.6. The minimum atomic E-state index is -4.71. The van der Waals surface area contributed by atoms with Crippen molar-refractivity contribution in [1.82, 2.24) is 9.97 Å². The Labute approximate surface area is 108 Å². The Morgan fingerprint density at radius 1 is 1.21 bits per heavy atom. The molecule has 100 valence electrons. The van der Waals surface area contributed by atoms with Gasteiger partial charge in [0.25, 0.3) is 0 Å². The highest BCUT2D eigenvalue weighted by molar-refractivity contribution is 6.31. The number of hydrogen-bond acceptors (Lipinski definition) is 2. The minimum Gasteiger partial charge on any atom is -0.302 e. The topological polar surface area (TPSA) is 45.8 Å². The minimum absolute atomic E-state index is 0.114. The predicted octanol–water partition coefficient (Wildman–Crippen LogP) is 3.25. The summed E-state index contributed by atoms with van der Waals surface area (Å²) in [6.07, 6.45) is -4.71. The summed E-state index contributed by atoms with van der Waals surface area (Å²) in [5, 5.41) is -0.270. The molecule has 0 radical (unpaired) electrons. The van der Waals surface area contributed by atoms with Crippen molar-refractivity contribution in [3.63, 3.8) is 0 Å². The molecule has 0 saturated heterocycles. The van der Waals surface area contributed by atoms with E-state index in [1.807, 2.05) is 0 Å². The van der Waals surface area contributed by atoms with Gasteiger partial charge in [-0.15, -0.1) is 0 Å². The van der Waals surface area contributed by atoms with E-state index in [1.54, 1.807) is 4.98 Å². The molecule has 0 amide bonds. The number of aromatic amines is 1. The molecule has 3 nitrogen and oxygen atoms in total. The molecule has 1 aromatic carbocycles. The van der Waals surface area contributed by atoms with E-state index in [4.69, 9.17) is 11.6 Å². The maximum Gasteiger partial charge on any atom is 0.431 e. The summed E-state index contributed by atoms with van der Waals surface area (Å²) in [6.45, 7) is 0. The third-order valence-electron chi connectivity index (χ3n) is 2.27. The zero-order chi connectivity index (χ0) is 14.2. The maximum atomic E-state index is 13.0. The molecule has 1 heterocycles. The summed E-state index contributed by atoms with van der Waals surface area (Å²) in [6, 6.07) is 3.92. The van der Waals surface area contributed by atoms with Crippen LogP contribution in [-0.4, -0.2) is 9.97 Å². The second kappa shape index (κ2) is 4.65. The van der Waals surface area contributed by atoms with Gasteiger partial charge in [-0.1, -0.05) is 11.6 Å². The second-order valence-corrected chi connectivity index (χ2v) is 4.02. The SMILES string of the molecule is O=c1nc(-c2ccc(F)c(Cl)c2)cc(C(F)(F)F)[nH]1. The van der Waals surface area contributed by atoms with E-state index in [0.717, 1.165) is 12.1 Å². The highest BCUT2D eigenvalue weighted by atomic mass is 35.5. The zero-order valence-electron chi connectivity index (χ0n) is 9.05. The Balaban J connectivity index is 2.59. The van der Waals surface area contributed by atoms with Gasteiger partial charge in [0.05, 0.1) is 10.7 Å². The van der Waals surface area contributed by atoms with E-state index in [-0.39, 0.29) is 16.3 Å². The fraction of sp³-hybridized carbons (Fsp3) is 0.0909. The highest BCUT2D eigenvalue weighted by Crippen LogP contribution is 2.29. The van der Waals surface area contributed by atoms with Gasteiger partial charge in [-0.25, -0.2) is 9.18 Å². The van der Waals surface area contributed by atoms with Crippen molar-refractivity contribution >= 4 is 11.6 Å². The number of alkyl halides is 3. The molecule has 1 N–H and O–H groups in total.